The van der Waals surface area contributed by atoms with Crippen molar-refractivity contribution in [3.63, 3.8) is 0 Å². The highest BCUT2D eigenvalue weighted by atomic mass is 16.5. The van der Waals surface area contributed by atoms with Gasteiger partial charge in [-0.2, -0.15) is 0 Å². The fourth-order valence-corrected chi connectivity index (χ4v) is 2.11. The predicted molar refractivity (Wildman–Crippen MR) is 59.6 cm³/mol. The highest BCUT2D eigenvalue weighted by Crippen LogP contribution is 2.12. The topological polar surface area (TPSA) is 24.5 Å². The summed E-state index contributed by atoms with van der Waals surface area (Å²) in [6.07, 6.45) is 2.64. The van der Waals surface area contributed by atoms with Crippen LogP contribution in [0.2, 0.25) is 0 Å². The number of rotatable bonds is 1. The largest absolute Gasteiger partial charge is 0.379 e. The Morgan fingerprint density at radius 2 is 1.64 bits per heavy atom. The Hall–Kier alpha value is -0.120. The molecule has 0 aromatic carbocycles. The van der Waals surface area contributed by atoms with Crippen LogP contribution in [0.3, 0.4) is 0 Å². The molecule has 3 heteroatoms. The minimum Gasteiger partial charge on any atom is -0.379 e. The van der Waals surface area contributed by atoms with Gasteiger partial charge in [0.05, 0.1) is 13.2 Å². The first-order valence-electron chi connectivity index (χ1n) is 5.99. The maximum absolute atomic E-state index is 5.33. The summed E-state index contributed by atoms with van der Waals surface area (Å²) in [5, 5.41) is 3.40. The minimum absolute atomic E-state index is 0.829. The van der Waals surface area contributed by atoms with Crippen LogP contribution in [0.1, 0.15) is 26.7 Å². The van der Waals surface area contributed by atoms with Crippen molar-refractivity contribution in [2.45, 2.75) is 32.7 Å². The first-order valence-corrected chi connectivity index (χ1v) is 5.99. The van der Waals surface area contributed by atoms with E-state index in [9.17, 15) is 0 Å². The number of hydrogen-bond donors (Lipinski definition) is 1. The molecule has 3 nitrogen and oxygen atoms in total. The average molecular weight is 200 g/mol. The van der Waals surface area contributed by atoms with E-state index in [1.807, 2.05) is 13.8 Å². The van der Waals surface area contributed by atoms with E-state index < -0.39 is 0 Å². The lowest BCUT2D eigenvalue weighted by molar-refractivity contribution is 0.0101. The zero-order valence-electron chi connectivity index (χ0n) is 9.59. The normalized spacial score (nSPS) is 25.3. The Kier molecular flexibility index (Phi) is 6.15. The Labute approximate surface area is 87.8 Å². The third-order valence-corrected chi connectivity index (χ3v) is 2.87. The summed E-state index contributed by atoms with van der Waals surface area (Å²) in [5.74, 6) is 0. The third-order valence-electron chi connectivity index (χ3n) is 2.87. The molecule has 14 heavy (non-hydrogen) atoms. The second-order valence-electron chi connectivity index (χ2n) is 3.63. The molecule has 1 N–H and O–H groups in total. The van der Waals surface area contributed by atoms with Gasteiger partial charge in [-0.3, -0.25) is 4.90 Å². The number of morpholine rings is 1. The molecule has 0 radical (unpaired) electrons. The first kappa shape index (κ1) is 12.0. The minimum atomic E-state index is 0.829. The lowest BCUT2D eigenvalue weighted by Gasteiger charge is -2.36. The van der Waals surface area contributed by atoms with Gasteiger partial charge in [0.2, 0.25) is 0 Å². The molecule has 0 amide bonds. The van der Waals surface area contributed by atoms with Crippen molar-refractivity contribution in [3.8, 4) is 0 Å². The zero-order valence-corrected chi connectivity index (χ0v) is 9.59. The van der Waals surface area contributed by atoms with Crippen LogP contribution in [0.5, 0.6) is 0 Å². The predicted octanol–water partition coefficient (Wildman–Crippen LogP) is 1.10. The fraction of sp³-hybridized carbons (Fsp3) is 1.00. The summed E-state index contributed by atoms with van der Waals surface area (Å²) < 4.78 is 5.33. The van der Waals surface area contributed by atoms with Crippen molar-refractivity contribution >= 4 is 0 Å². The van der Waals surface area contributed by atoms with Gasteiger partial charge in [-0.05, 0) is 25.9 Å². The van der Waals surface area contributed by atoms with E-state index in [0.29, 0.717) is 0 Å². The van der Waals surface area contributed by atoms with Gasteiger partial charge in [0, 0.05) is 19.1 Å². The maximum atomic E-state index is 5.33. The number of piperidine rings is 1. The van der Waals surface area contributed by atoms with Crippen LogP contribution in [-0.4, -0.2) is 50.3 Å². The van der Waals surface area contributed by atoms with E-state index in [1.54, 1.807) is 0 Å². The number of hydrogen-bond acceptors (Lipinski definition) is 3. The molecule has 0 aromatic rings. The van der Waals surface area contributed by atoms with E-state index in [0.717, 1.165) is 32.3 Å². The van der Waals surface area contributed by atoms with Crippen LogP contribution in [0, 0.1) is 0 Å². The average Bonchev–Trinajstić information content (AvgIpc) is 2.34. The summed E-state index contributed by atoms with van der Waals surface area (Å²) in [6, 6.07) is 0.829. The van der Waals surface area contributed by atoms with E-state index in [1.165, 1.54) is 25.9 Å². The third kappa shape index (κ3) is 3.56. The molecule has 84 valence electrons. The van der Waals surface area contributed by atoms with Gasteiger partial charge >= 0.3 is 0 Å². The second kappa shape index (κ2) is 7.21. The molecule has 0 aromatic heterocycles. The van der Waals surface area contributed by atoms with Crippen molar-refractivity contribution in [1.29, 1.82) is 0 Å². The molecule has 0 atom stereocenters. The summed E-state index contributed by atoms with van der Waals surface area (Å²) in [7, 11) is 0. The lowest BCUT2D eigenvalue weighted by Crippen LogP contribution is -2.47. The Morgan fingerprint density at radius 3 is 2.21 bits per heavy atom. The van der Waals surface area contributed by atoms with Crippen LogP contribution < -0.4 is 5.32 Å². The first-order chi connectivity index (χ1) is 6.97. The van der Waals surface area contributed by atoms with Crippen molar-refractivity contribution in [1.82, 2.24) is 10.2 Å². The molecule has 2 fully saturated rings. The van der Waals surface area contributed by atoms with Crippen LogP contribution in [0.15, 0.2) is 0 Å². The lowest BCUT2D eigenvalue weighted by atomic mass is 10.0. The Bertz CT molecular complexity index is 113. The molecular formula is C11H24N2O. The number of nitrogens with one attached hydrogen (secondary N) is 1. The van der Waals surface area contributed by atoms with Gasteiger partial charge in [0.1, 0.15) is 0 Å². The Balaban J connectivity index is 0.000000461. The highest BCUT2D eigenvalue weighted by Gasteiger charge is 2.21. The molecule has 0 spiro atoms. The molecular weight excluding hydrogens is 176 g/mol. The zero-order chi connectivity index (χ0) is 10.2. The molecule has 0 bridgehead atoms. The molecule has 2 saturated heterocycles. The van der Waals surface area contributed by atoms with Gasteiger partial charge in [-0.1, -0.05) is 13.8 Å². The van der Waals surface area contributed by atoms with Crippen molar-refractivity contribution < 1.29 is 4.74 Å². The van der Waals surface area contributed by atoms with E-state index >= 15 is 0 Å². The summed E-state index contributed by atoms with van der Waals surface area (Å²) in [6.45, 7) is 10.5. The molecule has 2 aliphatic rings. The molecule has 2 rings (SSSR count). The molecule has 0 saturated carbocycles. The summed E-state index contributed by atoms with van der Waals surface area (Å²) >= 11 is 0. The summed E-state index contributed by atoms with van der Waals surface area (Å²) in [5.41, 5.74) is 0. The van der Waals surface area contributed by atoms with Crippen molar-refractivity contribution in [2.75, 3.05) is 39.4 Å². The molecule has 0 unspecified atom stereocenters. The van der Waals surface area contributed by atoms with E-state index in [2.05, 4.69) is 10.2 Å². The van der Waals surface area contributed by atoms with Crippen molar-refractivity contribution in [3.05, 3.63) is 0 Å². The van der Waals surface area contributed by atoms with Crippen molar-refractivity contribution in [2.24, 2.45) is 0 Å². The van der Waals surface area contributed by atoms with Crippen LogP contribution in [0.4, 0.5) is 0 Å². The van der Waals surface area contributed by atoms with Gasteiger partial charge in [-0.15, -0.1) is 0 Å². The SMILES string of the molecule is C1CC(N2CCOCC2)CCN1.CC. The second-order valence-corrected chi connectivity index (χ2v) is 3.63. The Morgan fingerprint density at radius 1 is 1.07 bits per heavy atom. The molecule has 2 heterocycles. The number of nitrogens with zero attached hydrogens (tertiary/aromatic N) is 1. The maximum Gasteiger partial charge on any atom is 0.0594 e. The highest BCUT2D eigenvalue weighted by molar-refractivity contribution is 4.78. The number of ether oxygens (including phenoxy) is 1. The molecule has 2 aliphatic heterocycles. The van der Waals surface area contributed by atoms with Crippen LogP contribution in [0.25, 0.3) is 0 Å². The van der Waals surface area contributed by atoms with E-state index in [-0.39, 0.29) is 0 Å². The van der Waals surface area contributed by atoms with Gasteiger partial charge < -0.3 is 10.1 Å². The standard InChI is InChI=1S/C9H18N2O.C2H6/c1-3-10-4-2-9(1)11-5-7-12-8-6-11;1-2/h9-10H,1-8H2;1-2H3. The smallest absolute Gasteiger partial charge is 0.0594 e. The monoisotopic (exact) mass is 200 g/mol. The van der Waals surface area contributed by atoms with Crippen LogP contribution in [-0.2, 0) is 4.74 Å². The fourth-order valence-electron chi connectivity index (χ4n) is 2.11. The van der Waals surface area contributed by atoms with Crippen LogP contribution >= 0.6 is 0 Å². The van der Waals surface area contributed by atoms with E-state index in [4.69, 9.17) is 4.74 Å². The van der Waals surface area contributed by atoms with Gasteiger partial charge in [-0.25, -0.2) is 0 Å². The van der Waals surface area contributed by atoms with Gasteiger partial charge in [0.15, 0.2) is 0 Å². The summed E-state index contributed by atoms with van der Waals surface area (Å²) in [4.78, 5) is 2.59. The molecule has 0 aliphatic carbocycles. The van der Waals surface area contributed by atoms with Gasteiger partial charge in [0.25, 0.3) is 0 Å². The quantitative estimate of drug-likeness (QED) is 0.686.